The summed E-state index contributed by atoms with van der Waals surface area (Å²) in [7, 11) is 3.08. The smallest absolute Gasteiger partial charge is 0.245 e. The van der Waals surface area contributed by atoms with Crippen LogP contribution in [0.15, 0.2) is 24.3 Å². The average molecular weight is 395 g/mol. The Bertz CT molecular complexity index is 519. The number of allylic oxidation sites excluding steroid dienone is 1. The first-order chi connectivity index (χ1) is 13.5. The van der Waals surface area contributed by atoms with Gasteiger partial charge < -0.3 is 10.0 Å². The summed E-state index contributed by atoms with van der Waals surface area (Å²) in [5.41, 5.74) is 0. The third kappa shape index (κ3) is 9.51. The summed E-state index contributed by atoms with van der Waals surface area (Å²) in [5, 5.41) is 11.3. The van der Waals surface area contributed by atoms with Gasteiger partial charge in [0.2, 0.25) is 11.8 Å². The Morgan fingerprint density at radius 3 is 2.86 bits per heavy atom. The second-order valence-electron chi connectivity index (χ2n) is 7.39. The molecule has 1 rings (SSSR count). The van der Waals surface area contributed by atoms with E-state index in [1.807, 2.05) is 29.2 Å². The van der Waals surface area contributed by atoms with Gasteiger partial charge in [0.15, 0.2) is 0 Å². The summed E-state index contributed by atoms with van der Waals surface area (Å²) < 4.78 is 0. The van der Waals surface area contributed by atoms with Gasteiger partial charge in [0, 0.05) is 26.4 Å². The predicted octanol–water partition coefficient (Wildman–Crippen LogP) is 3.61. The first kappa shape index (κ1) is 24.4. The standard InChI is InChI=1S/C22H38N2O4/c1-4-5-8-13-20(25)17-16-19-12-11-15-22(27)24(19)18-10-7-6-9-14-21(26)23(2)28-3/h7,10,16-17,19-20,25H,4-6,8-9,11-15,18H2,1-3H3/b10-7-,17-16+/t19-,20?/m1/s1. The van der Waals surface area contributed by atoms with Crippen molar-refractivity contribution < 1.29 is 19.5 Å². The molecule has 1 fully saturated rings. The van der Waals surface area contributed by atoms with E-state index in [4.69, 9.17) is 4.84 Å². The topological polar surface area (TPSA) is 70.1 Å². The summed E-state index contributed by atoms with van der Waals surface area (Å²) in [4.78, 5) is 30.7. The molecule has 0 bridgehead atoms. The van der Waals surface area contributed by atoms with Crippen LogP contribution in [0, 0.1) is 0 Å². The fraction of sp³-hybridized carbons (Fsp3) is 0.727. The summed E-state index contributed by atoms with van der Waals surface area (Å²) >= 11 is 0. The van der Waals surface area contributed by atoms with Crippen LogP contribution in [0.3, 0.4) is 0 Å². The molecule has 0 spiro atoms. The van der Waals surface area contributed by atoms with Crippen LogP contribution in [-0.2, 0) is 14.4 Å². The van der Waals surface area contributed by atoms with Gasteiger partial charge in [-0.05, 0) is 32.1 Å². The Balaban J connectivity index is 2.42. The molecule has 0 saturated carbocycles. The molecule has 1 N–H and O–H groups in total. The van der Waals surface area contributed by atoms with Crippen molar-refractivity contribution in [3.05, 3.63) is 24.3 Å². The molecule has 1 unspecified atom stereocenters. The number of carbonyl (C=O) groups excluding carboxylic acids is 2. The third-order valence-corrected chi connectivity index (χ3v) is 5.13. The van der Waals surface area contributed by atoms with Crippen LogP contribution in [0.25, 0.3) is 0 Å². The van der Waals surface area contributed by atoms with Crippen molar-refractivity contribution >= 4 is 11.8 Å². The number of carbonyl (C=O) groups is 2. The van der Waals surface area contributed by atoms with Gasteiger partial charge in [-0.1, -0.05) is 50.5 Å². The molecule has 6 heteroatoms. The van der Waals surface area contributed by atoms with E-state index in [0.717, 1.165) is 51.4 Å². The summed E-state index contributed by atoms with van der Waals surface area (Å²) in [6.07, 6.45) is 16.0. The van der Waals surface area contributed by atoms with Crippen molar-refractivity contribution in [2.45, 2.75) is 83.3 Å². The summed E-state index contributed by atoms with van der Waals surface area (Å²) in [5.74, 6) is 0.132. The number of hydrogen-bond donors (Lipinski definition) is 1. The van der Waals surface area contributed by atoms with Crippen molar-refractivity contribution in [3.63, 3.8) is 0 Å². The van der Waals surface area contributed by atoms with Gasteiger partial charge in [-0.3, -0.25) is 14.4 Å². The quantitative estimate of drug-likeness (QED) is 0.294. The largest absolute Gasteiger partial charge is 0.389 e. The highest BCUT2D eigenvalue weighted by atomic mass is 16.7. The molecule has 0 radical (unpaired) electrons. The molecule has 1 heterocycles. The zero-order chi connectivity index (χ0) is 20.8. The minimum absolute atomic E-state index is 0.0372. The van der Waals surface area contributed by atoms with Gasteiger partial charge in [0.25, 0.3) is 0 Å². The summed E-state index contributed by atoms with van der Waals surface area (Å²) in [6, 6.07) is 0.0589. The second-order valence-corrected chi connectivity index (χ2v) is 7.39. The summed E-state index contributed by atoms with van der Waals surface area (Å²) in [6.45, 7) is 2.73. The normalized spacial score (nSPS) is 18.9. The lowest BCUT2D eigenvalue weighted by Crippen LogP contribution is -2.42. The number of amides is 2. The Morgan fingerprint density at radius 1 is 1.36 bits per heavy atom. The maximum absolute atomic E-state index is 12.3. The number of aliphatic hydroxyl groups is 1. The number of nitrogens with zero attached hydrogens (tertiary/aromatic N) is 2. The van der Waals surface area contributed by atoms with Gasteiger partial charge in [-0.25, -0.2) is 5.06 Å². The monoisotopic (exact) mass is 394 g/mol. The van der Waals surface area contributed by atoms with E-state index in [0.29, 0.717) is 19.4 Å². The van der Waals surface area contributed by atoms with Crippen LogP contribution < -0.4 is 0 Å². The van der Waals surface area contributed by atoms with Crippen molar-refractivity contribution in [1.82, 2.24) is 9.96 Å². The van der Waals surface area contributed by atoms with Crippen LogP contribution in [0.2, 0.25) is 0 Å². The Morgan fingerprint density at radius 2 is 2.14 bits per heavy atom. The minimum Gasteiger partial charge on any atom is -0.389 e. The SMILES string of the molecule is CCCCCC(O)/C=C/[C@H]1CCCC(=O)N1C/C=C\CCCC(=O)N(C)OC. The average Bonchev–Trinajstić information content (AvgIpc) is 2.69. The molecule has 0 aromatic heterocycles. The lowest BCUT2D eigenvalue weighted by Gasteiger charge is -2.33. The van der Waals surface area contributed by atoms with Crippen LogP contribution in [0.1, 0.15) is 71.1 Å². The van der Waals surface area contributed by atoms with Gasteiger partial charge in [0.05, 0.1) is 19.3 Å². The predicted molar refractivity (Wildman–Crippen MR) is 111 cm³/mol. The highest BCUT2D eigenvalue weighted by Gasteiger charge is 2.25. The maximum atomic E-state index is 12.3. The van der Waals surface area contributed by atoms with Crippen LogP contribution in [-0.4, -0.2) is 59.7 Å². The zero-order valence-corrected chi connectivity index (χ0v) is 17.8. The molecule has 6 nitrogen and oxygen atoms in total. The second kappa shape index (κ2) is 14.4. The molecule has 2 amide bonds. The first-order valence-corrected chi connectivity index (χ1v) is 10.6. The molecular weight excluding hydrogens is 356 g/mol. The van der Waals surface area contributed by atoms with E-state index in [1.54, 1.807) is 7.05 Å². The molecule has 28 heavy (non-hydrogen) atoms. The van der Waals surface area contributed by atoms with E-state index in [2.05, 4.69) is 6.92 Å². The van der Waals surface area contributed by atoms with Crippen molar-refractivity contribution in [2.75, 3.05) is 20.7 Å². The molecule has 0 aromatic carbocycles. The molecule has 1 aliphatic heterocycles. The number of aliphatic hydroxyl groups excluding tert-OH is 1. The molecule has 1 saturated heterocycles. The highest BCUT2D eigenvalue weighted by molar-refractivity contribution is 5.77. The first-order valence-electron chi connectivity index (χ1n) is 10.6. The minimum atomic E-state index is -0.427. The molecule has 160 valence electrons. The number of likely N-dealkylation sites (tertiary alicyclic amines) is 1. The van der Waals surface area contributed by atoms with Crippen LogP contribution in [0.5, 0.6) is 0 Å². The van der Waals surface area contributed by atoms with E-state index >= 15 is 0 Å². The van der Waals surface area contributed by atoms with E-state index < -0.39 is 6.10 Å². The zero-order valence-electron chi connectivity index (χ0n) is 17.8. The van der Waals surface area contributed by atoms with Gasteiger partial charge in [0.1, 0.15) is 0 Å². The fourth-order valence-electron chi connectivity index (χ4n) is 3.28. The van der Waals surface area contributed by atoms with Gasteiger partial charge in [-0.15, -0.1) is 0 Å². The van der Waals surface area contributed by atoms with E-state index in [1.165, 1.54) is 12.2 Å². The van der Waals surface area contributed by atoms with Crippen LogP contribution in [0.4, 0.5) is 0 Å². The van der Waals surface area contributed by atoms with Crippen molar-refractivity contribution in [3.8, 4) is 0 Å². The number of piperidine rings is 1. The van der Waals surface area contributed by atoms with Crippen molar-refractivity contribution in [2.24, 2.45) is 0 Å². The number of unbranched alkanes of at least 4 members (excludes halogenated alkanes) is 3. The number of hydrogen-bond acceptors (Lipinski definition) is 4. The Hall–Kier alpha value is -1.66. The molecular formula is C22H38N2O4. The third-order valence-electron chi connectivity index (χ3n) is 5.13. The molecule has 0 aliphatic carbocycles. The Kier molecular flexibility index (Phi) is 12.5. The van der Waals surface area contributed by atoms with Gasteiger partial charge in [-0.2, -0.15) is 0 Å². The van der Waals surface area contributed by atoms with Crippen LogP contribution >= 0.6 is 0 Å². The number of rotatable bonds is 13. The molecule has 0 aromatic rings. The number of hydroxylamine groups is 2. The fourth-order valence-corrected chi connectivity index (χ4v) is 3.28. The molecule has 2 atom stereocenters. The Labute approximate surface area is 170 Å². The van der Waals surface area contributed by atoms with E-state index in [9.17, 15) is 14.7 Å². The van der Waals surface area contributed by atoms with E-state index in [-0.39, 0.29) is 17.9 Å². The van der Waals surface area contributed by atoms with Crippen molar-refractivity contribution in [1.29, 1.82) is 0 Å². The molecule has 1 aliphatic rings. The van der Waals surface area contributed by atoms with Gasteiger partial charge >= 0.3 is 0 Å². The lowest BCUT2D eigenvalue weighted by molar-refractivity contribution is -0.168. The lowest BCUT2D eigenvalue weighted by atomic mass is 10.00. The maximum Gasteiger partial charge on any atom is 0.245 e. The highest BCUT2D eigenvalue weighted by Crippen LogP contribution is 2.20.